The number of aliphatic hydroxyl groups is 1. The van der Waals surface area contributed by atoms with E-state index in [-0.39, 0.29) is 17.3 Å². The van der Waals surface area contributed by atoms with Gasteiger partial charge in [0.15, 0.2) is 15.7 Å². The average molecular weight is 314 g/mol. The molecule has 0 bridgehead atoms. The van der Waals surface area contributed by atoms with Crippen molar-refractivity contribution in [2.75, 3.05) is 5.75 Å². The molecule has 0 aliphatic heterocycles. The van der Waals surface area contributed by atoms with Gasteiger partial charge in [0.2, 0.25) is 5.89 Å². The highest BCUT2D eigenvalue weighted by Crippen LogP contribution is 2.39. The molecule has 21 heavy (non-hydrogen) atoms. The molecule has 1 N–H and O–H groups in total. The predicted octanol–water partition coefficient (Wildman–Crippen LogP) is 1.80. The highest BCUT2D eigenvalue weighted by molar-refractivity contribution is 7.90. The molecule has 2 aliphatic carbocycles. The number of hydrogen-bond donors (Lipinski definition) is 1. The summed E-state index contributed by atoms with van der Waals surface area (Å²) in [5.74, 6) is 1.18. The normalized spacial score (nSPS) is 30.5. The van der Waals surface area contributed by atoms with Gasteiger partial charge in [-0.15, -0.1) is 0 Å². The monoisotopic (exact) mass is 314 g/mol. The summed E-state index contributed by atoms with van der Waals surface area (Å²) < 4.78 is 29.6. The van der Waals surface area contributed by atoms with E-state index in [1.54, 1.807) is 0 Å². The molecule has 0 aromatic carbocycles. The fourth-order valence-corrected chi connectivity index (χ4v) is 4.64. The van der Waals surface area contributed by atoms with Gasteiger partial charge in [0, 0.05) is 5.92 Å². The lowest BCUT2D eigenvalue weighted by atomic mass is 9.81. The molecule has 1 aromatic rings. The first kappa shape index (κ1) is 15.0. The molecule has 0 unspecified atom stereocenters. The van der Waals surface area contributed by atoms with Crippen LogP contribution in [0, 0.1) is 5.92 Å². The van der Waals surface area contributed by atoms with Gasteiger partial charge in [-0.3, -0.25) is 0 Å². The van der Waals surface area contributed by atoms with Crippen LogP contribution in [0.15, 0.2) is 4.52 Å². The molecule has 0 radical (unpaired) electrons. The van der Waals surface area contributed by atoms with Crippen molar-refractivity contribution in [3.8, 4) is 0 Å². The first-order valence-electron chi connectivity index (χ1n) is 7.61. The Balaban J connectivity index is 1.62. The highest BCUT2D eigenvalue weighted by Gasteiger charge is 2.37. The maximum atomic E-state index is 12.3. The van der Waals surface area contributed by atoms with E-state index in [0.717, 1.165) is 25.7 Å². The molecular weight excluding hydrogens is 292 g/mol. The summed E-state index contributed by atoms with van der Waals surface area (Å²) in [6, 6.07) is 0. The summed E-state index contributed by atoms with van der Waals surface area (Å²) in [7, 11) is -3.44. The highest BCUT2D eigenvalue weighted by atomic mass is 32.2. The van der Waals surface area contributed by atoms with Crippen LogP contribution in [0.5, 0.6) is 0 Å². The smallest absolute Gasteiger partial charge is 0.229 e. The van der Waals surface area contributed by atoms with Gasteiger partial charge in [-0.1, -0.05) is 12.1 Å². The first-order chi connectivity index (χ1) is 9.85. The number of hydrogen-bond acceptors (Lipinski definition) is 6. The topological polar surface area (TPSA) is 93.3 Å². The van der Waals surface area contributed by atoms with Gasteiger partial charge in [0.1, 0.15) is 5.75 Å². The summed E-state index contributed by atoms with van der Waals surface area (Å²) in [6.45, 7) is 2.13. The predicted molar refractivity (Wildman–Crippen MR) is 76.3 cm³/mol. The van der Waals surface area contributed by atoms with Gasteiger partial charge in [-0.2, -0.15) is 4.98 Å². The molecular formula is C14H22N2O4S. The largest absolute Gasteiger partial charge is 0.389 e. The third-order valence-corrected chi connectivity index (χ3v) is 6.13. The van der Waals surface area contributed by atoms with E-state index in [2.05, 4.69) is 17.1 Å². The van der Waals surface area contributed by atoms with E-state index >= 15 is 0 Å². The van der Waals surface area contributed by atoms with Crippen LogP contribution < -0.4 is 0 Å². The van der Waals surface area contributed by atoms with E-state index in [1.807, 2.05) is 0 Å². The minimum atomic E-state index is -3.44. The molecule has 118 valence electrons. The minimum absolute atomic E-state index is 0.208. The van der Waals surface area contributed by atoms with Gasteiger partial charge >= 0.3 is 0 Å². The van der Waals surface area contributed by atoms with Gasteiger partial charge in [0.05, 0.1) is 11.4 Å². The van der Waals surface area contributed by atoms with Crippen LogP contribution in [-0.4, -0.2) is 35.0 Å². The van der Waals surface area contributed by atoms with Gasteiger partial charge in [0.25, 0.3) is 0 Å². The molecule has 0 atom stereocenters. The van der Waals surface area contributed by atoms with E-state index in [0.29, 0.717) is 30.6 Å². The lowest BCUT2D eigenvalue weighted by molar-refractivity contribution is 0.0135. The zero-order valence-corrected chi connectivity index (χ0v) is 13.1. The zero-order valence-electron chi connectivity index (χ0n) is 12.3. The van der Waals surface area contributed by atoms with Gasteiger partial charge < -0.3 is 9.63 Å². The fraction of sp³-hybridized carbons (Fsp3) is 0.857. The molecule has 2 fully saturated rings. The molecule has 1 aromatic heterocycles. The minimum Gasteiger partial charge on any atom is -0.389 e. The lowest BCUT2D eigenvalue weighted by Crippen LogP contribution is -2.40. The molecule has 3 rings (SSSR count). The number of rotatable bonds is 5. The Hall–Kier alpha value is -0.950. The van der Waals surface area contributed by atoms with Crippen molar-refractivity contribution in [1.29, 1.82) is 0 Å². The van der Waals surface area contributed by atoms with Crippen LogP contribution in [0.1, 0.15) is 63.1 Å². The van der Waals surface area contributed by atoms with E-state index in [4.69, 9.17) is 4.52 Å². The first-order valence-corrected chi connectivity index (χ1v) is 9.43. The zero-order chi connectivity index (χ0) is 15.1. The molecule has 0 amide bonds. The van der Waals surface area contributed by atoms with Crippen LogP contribution >= 0.6 is 0 Å². The average Bonchev–Trinajstić information content (AvgIpc) is 3.14. The van der Waals surface area contributed by atoms with Gasteiger partial charge in [-0.05, 0) is 44.4 Å². The van der Waals surface area contributed by atoms with E-state index in [9.17, 15) is 13.5 Å². The van der Waals surface area contributed by atoms with Crippen LogP contribution in [0.25, 0.3) is 0 Å². The van der Waals surface area contributed by atoms with Crippen molar-refractivity contribution in [3.63, 3.8) is 0 Å². The summed E-state index contributed by atoms with van der Waals surface area (Å²) in [4.78, 5) is 4.15. The third kappa shape index (κ3) is 3.83. The summed E-state index contributed by atoms with van der Waals surface area (Å²) in [5.41, 5.74) is -1.09. The second-order valence-corrected chi connectivity index (χ2v) is 8.83. The Bertz CT molecular complexity index is 598. The Morgan fingerprint density at radius 3 is 2.57 bits per heavy atom. The Morgan fingerprint density at radius 2 is 1.95 bits per heavy atom. The SMILES string of the molecule is CC1CCC(O)(CS(=O)(=O)Cc2noc(C3CC3)n2)CC1. The molecule has 0 saturated heterocycles. The molecule has 7 heteroatoms. The molecule has 6 nitrogen and oxygen atoms in total. The Kier molecular flexibility index (Phi) is 3.81. The number of aromatic nitrogens is 2. The number of sulfone groups is 1. The Labute approximate surface area is 124 Å². The quantitative estimate of drug-likeness (QED) is 0.890. The molecule has 2 aliphatic rings. The second-order valence-electron chi connectivity index (χ2n) is 6.76. The third-order valence-electron chi connectivity index (χ3n) is 4.45. The van der Waals surface area contributed by atoms with Crippen LogP contribution in [0.4, 0.5) is 0 Å². The summed E-state index contributed by atoms with van der Waals surface area (Å²) in [6.07, 6.45) is 4.92. The molecule has 1 heterocycles. The second kappa shape index (κ2) is 5.35. The van der Waals surface area contributed by atoms with Crippen LogP contribution in [0.2, 0.25) is 0 Å². The van der Waals surface area contributed by atoms with Crippen molar-refractivity contribution in [2.24, 2.45) is 5.92 Å². The van der Waals surface area contributed by atoms with Crippen molar-refractivity contribution < 1.29 is 18.0 Å². The standard InChI is InChI=1S/C14H22N2O4S/c1-10-4-6-14(17,7-5-10)9-21(18,19)8-12-15-13(20-16-12)11-2-3-11/h10-11,17H,2-9H2,1H3. The van der Waals surface area contributed by atoms with Crippen molar-refractivity contribution in [1.82, 2.24) is 10.1 Å². The number of nitrogens with zero attached hydrogens (tertiary/aromatic N) is 2. The fourth-order valence-electron chi connectivity index (χ4n) is 2.92. The summed E-state index contributed by atoms with van der Waals surface area (Å²) in [5, 5.41) is 14.2. The van der Waals surface area contributed by atoms with E-state index in [1.165, 1.54) is 0 Å². The van der Waals surface area contributed by atoms with Crippen LogP contribution in [-0.2, 0) is 15.6 Å². The lowest BCUT2D eigenvalue weighted by Gasteiger charge is -2.34. The van der Waals surface area contributed by atoms with Crippen molar-refractivity contribution >= 4 is 9.84 Å². The maximum absolute atomic E-state index is 12.3. The molecule has 2 saturated carbocycles. The maximum Gasteiger partial charge on any atom is 0.229 e. The van der Waals surface area contributed by atoms with Crippen molar-refractivity contribution in [2.45, 2.75) is 62.7 Å². The van der Waals surface area contributed by atoms with Crippen molar-refractivity contribution in [3.05, 3.63) is 11.7 Å². The summed E-state index contributed by atoms with van der Waals surface area (Å²) >= 11 is 0. The van der Waals surface area contributed by atoms with E-state index < -0.39 is 15.4 Å². The molecule has 0 spiro atoms. The Morgan fingerprint density at radius 1 is 1.29 bits per heavy atom. The van der Waals surface area contributed by atoms with Gasteiger partial charge in [-0.25, -0.2) is 8.42 Å². The van der Waals surface area contributed by atoms with Crippen LogP contribution in [0.3, 0.4) is 0 Å².